The van der Waals surface area contributed by atoms with Crippen LogP contribution in [0.1, 0.15) is 33.6 Å². The fraction of sp³-hybridized carbons (Fsp3) is 0.933. The molecule has 1 aliphatic heterocycles. The van der Waals surface area contributed by atoms with Gasteiger partial charge in [-0.15, -0.1) is 0 Å². The van der Waals surface area contributed by atoms with Crippen molar-refractivity contribution in [3.05, 3.63) is 0 Å². The smallest absolute Gasteiger partial charge is 0.327 e. The van der Waals surface area contributed by atoms with E-state index in [0.717, 1.165) is 39.0 Å². The molecule has 1 unspecified atom stereocenters. The van der Waals surface area contributed by atoms with Gasteiger partial charge in [-0.05, 0) is 60.4 Å². The van der Waals surface area contributed by atoms with Gasteiger partial charge in [-0.1, -0.05) is 6.92 Å². The number of nitrogens with zero attached hydrogens (tertiary/aromatic N) is 2. The minimum atomic E-state index is -0.601. The van der Waals surface area contributed by atoms with E-state index in [9.17, 15) is 4.79 Å². The van der Waals surface area contributed by atoms with Crippen LogP contribution in [0.4, 0.5) is 0 Å². The van der Waals surface area contributed by atoms with Crippen LogP contribution in [0.25, 0.3) is 0 Å². The number of nitrogens with one attached hydrogen (secondary N) is 1. The second kappa shape index (κ2) is 7.96. The maximum atomic E-state index is 12.2. The summed E-state index contributed by atoms with van der Waals surface area (Å²) in [7, 11) is 4.28. The summed E-state index contributed by atoms with van der Waals surface area (Å²) < 4.78 is 5.22. The van der Waals surface area contributed by atoms with Crippen LogP contribution in [-0.2, 0) is 9.53 Å². The van der Waals surface area contributed by atoms with E-state index in [1.165, 1.54) is 0 Å². The summed E-state index contributed by atoms with van der Waals surface area (Å²) in [5.41, 5.74) is -0.601. The summed E-state index contributed by atoms with van der Waals surface area (Å²) in [5.74, 6) is -0.142. The molecule has 0 bridgehead atoms. The number of likely N-dealkylation sites (N-methyl/N-ethyl adjacent to an activating group) is 1. The van der Waals surface area contributed by atoms with Crippen molar-refractivity contribution in [1.29, 1.82) is 0 Å². The molecule has 5 heteroatoms. The molecule has 1 aliphatic rings. The number of rotatable bonds is 7. The van der Waals surface area contributed by atoms with Crippen LogP contribution in [0.3, 0.4) is 0 Å². The standard InChI is InChI=1S/C15H31N3O2/c1-6-16-15(3,14(19)20-7-2)12-18-10-8-13(9-11-18)17(4)5/h13,16H,6-12H2,1-5H3. The highest BCUT2D eigenvalue weighted by molar-refractivity contribution is 5.80. The van der Waals surface area contributed by atoms with E-state index in [1.807, 2.05) is 20.8 Å². The number of esters is 1. The molecule has 0 aliphatic carbocycles. The summed E-state index contributed by atoms with van der Waals surface area (Å²) in [6.07, 6.45) is 2.33. The zero-order valence-electron chi connectivity index (χ0n) is 13.7. The van der Waals surface area contributed by atoms with Crippen molar-refractivity contribution in [2.75, 3.05) is 46.9 Å². The van der Waals surface area contributed by atoms with Gasteiger partial charge in [0.15, 0.2) is 0 Å². The van der Waals surface area contributed by atoms with Crippen molar-refractivity contribution in [2.24, 2.45) is 0 Å². The lowest BCUT2D eigenvalue weighted by Crippen LogP contribution is -2.59. The van der Waals surface area contributed by atoms with Crippen LogP contribution in [0.15, 0.2) is 0 Å². The third kappa shape index (κ3) is 4.72. The number of piperidine rings is 1. The molecular weight excluding hydrogens is 254 g/mol. The average Bonchev–Trinajstić information content (AvgIpc) is 2.39. The van der Waals surface area contributed by atoms with Crippen molar-refractivity contribution in [3.8, 4) is 0 Å². The maximum absolute atomic E-state index is 12.2. The highest BCUT2D eigenvalue weighted by atomic mass is 16.5. The molecule has 0 aromatic heterocycles. The van der Waals surface area contributed by atoms with Gasteiger partial charge in [-0.3, -0.25) is 4.79 Å². The minimum Gasteiger partial charge on any atom is -0.465 e. The molecule has 0 saturated carbocycles. The lowest BCUT2D eigenvalue weighted by molar-refractivity contribution is -0.151. The first-order valence-electron chi connectivity index (χ1n) is 7.74. The third-order valence-corrected chi connectivity index (χ3v) is 4.12. The summed E-state index contributed by atoms with van der Waals surface area (Å²) in [5, 5.41) is 3.30. The lowest BCUT2D eigenvalue weighted by Gasteiger charge is -2.39. The Balaban J connectivity index is 2.56. The Morgan fingerprint density at radius 1 is 1.35 bits per heavy atom. The molecule has 5 nitrogen and oxygen atoms in total. The summed E-state index contributed by atoms with van der Waals surface area (Å²) in [4.78, 5) is 16.9. The van der Waals surface area contributed by atoms with E-state index < -0.39 is 5.54 Å². The van der Waals surface area contributed by atoms with Gasteiger partial charge < -0.3 is 19.9 Å². The topological polar surface area (TPSA) is 44.8 Å². The molecule has 1 atom stereocenters. The van der Waals surface area contributed by atoms with E-state index in [0.29, 0.717) is 12.6 Å². The van der Waals surface area contributed by atoms with E-state index in [4.69, 9.17) is 4.74 Å². The van der Waals surface area contributed by atoms with E-state index >= 15 is 0 Å². The molecule has 0 aromatic rings. The minimum absolute atomic E-state index is 0.142. The van der Waals surface area contributed by atoms with Crippen LogP contribution >= 0.6 is 0 Å². The molecule has 1 fully saturated rings. The number of carbonyl (C=O) groups excluding carboxylic acids is 1. The highest BCUT2D eigenvalue weighted by Gasteiger charge is 2.36. The molecule has 1 rings (SSSR count). The zero-order valence-corrected chi connectivity index (χ0v) is 13.7. The van der Waals surface area contributed by atoms with Crippen LogP contribution in [0.2, 0.25) is 0 Å². The molecule has 118 valence electrons. The second-order valence-corrected chi connectivity index (χ2v) is 6.05. The Morgan fingerprint density at radius 3 is 2.40 bits per heavy atom. The molecule has 0 amide bonds. The number of ether oxygens (including phenoxy) is 1. The van der Waals surface area contributed by atoms with E-state index in [1.54, 1.807) is 0 Å². The van der Waals surface area contributed by atoms with Crippen molar-refractivity contribution in [1.82, 2.24) is 15.1 Å². The van der Waals surface area contributed by atoms with E-state index in [-0.39, 0.29) is 5.97 Å². The molecule has 0 spiro atoms. The van der Waals surface area contributed by atoms with Crippen molar-refractivity contribution < 1.29 is 9.53 Å². The highest BCUT2D eigenvalue weighted by Crippen LogP contribution is 2.17. The summed E-state index contributed by atoms with van der Waals surface area (Å²) >= 11 is 0. The molecular formula is C15H31N3O2. The third-order valence-electron chi connectivity index (χ3n) is 4.12. The number of hydrogen-bond acceptors (Lipinski definition) is 5. The molecule has 20 heavy (non-hydrogen) atoms. The Kier molecular flexibility index (Phi) is 6.92. The number of hydrogen-bond donors (Lipinski definition) is 1. The quantitative estimate of drug-likeness (QED) is 0.706. The lowest BCUT2D eigenvalue weighted by atomic mass is 9.98. The monoisotopic (exact) mass is 285 g/mol. The van der Waals surface area contributed by atoms with Gasteiger partial charge in [-0.25, -0.2) is 0 Å². The second-order valence-electron chi connectivity index (χ2n) is 6.05. The largest absolute Gasteiger partial charge is 0.465 e. The predicted octanol–water partition coefficient (Wildman–Crippen LogP) is 0.944. The Bertz CT molecular complexity index is 301. The fourth-order valence-electron chi connectivity index (χ4n) is 2.91. The fourth-order valence-corrected chi connectivity index (χ4v) is 2.91. The SMILES string of the molecule is CCNC(C)(CN1CCC(N(C)C)CC1)C(=O)OCC. The van der Waals surface area contributed by atoms with Crippen LogP contribution in [0.5, 0.6) is 0 Å². The van der Waals surface area contributed by atoms with Gasteiger partial charge in [0.05, 0.1) is 6.61 Å². The summed E-state index contributed by atoms with van der Waals surface area (Å²) in [6.45, 7) is 9.84. The molecule has 0 radical (unpaired) electrons. The average molecular weight is 285 g/mol. The zero-order chi connectivity index (χ0) is 15.2. The van der Waals surface area contributed by atoms with Crippen LogP contribution in [-0.4, -0.2) is 74.2 Å². The van der Waals surface area contributed by atoms with Crippen LogP contribution in [0, 0.1) is 0 Å². The normalized spacial score (nSPS) is 20.9. The van der Waals surface area contributed by atoms with Gasteiger partial charge >= 0.3 is 5.97 Å². The van der Waals surface area contributed by atoms with Crippen molar-refractivity contribution in [3.63, 3.8) is 0 Å². The Hall–Kier alpha value is -0.650. The molecule has 1 N–H and O–H groups in total. The van der Waals surface area contributed by atoms with E-state index in [2.05, 4.69) is 29.2 Å². The molecule has 0 aromatic carbocycles. The first-order chi connectivity index (χ1) is 9.42. The first kappa shape index (κ1) is 17.4. The van der Waals surface area contributed by atoms with Gasteiger partial charge in [0, 0.05) is 12.6 Å². The number of likely N-dealkylation sites (tertiary alicyclic amines) is 1. The maximum Gasteiger partial charge on any atom is 0.327 e. The van der Waals surface area contributed by atoms with Gasteiger partial charge in [0.1, 0.15) is 5.54 Å². The summed E-state index contributed by atoms with van der Waals surface area (Å²) in [6, 6.07) is 0.666. The van der Waals surface area contributed by atoms with Gasteiger partial charge in [0.25, 0.3) is 0 Å². The molecule has 1 saturated heterocycles. The van der Waals surface area contributed by atoms with Crippen molar-refractivity contribution >= 4 is 5.97 Å². The Labute approximate surface area is 123 Å². The Morgan fingerprint density at radius 2 is 1.95 bits per heavy atom. The predicted molar refractivity (Wildman–Crippen MR) is 81.9 cm³/mol. The molecule has 1 heterocycles. The number of carbonyl (C=O) groups is 1. The van der Waals surface area contributed by atoms with Gasteiger partial charge in [0.2, 0.25) is 0 Å². The van der Waals surface area contributed by atoms with Crippen LogP contribution < -0.4 is 5.32 Å². The first-order valence-corrected chi connectivity index (χ1v) is 7.74. The van der Waals surface area contributed by atoms with Gasteiger partial charge in [-0.2, -0.15) is 0 Å². The van der Waals surface area contributed by atoms with Crippen molar-refractivity contribution in [2.45, 2.75) is 45.2 Å².